The molecule has 5 nitrogen and oxygen atoms in total. The molecule has 82 valence electrons. The van der Waals surface area contributed by atoms with Gasteiger partial charge in [0, 0.05) is 18.2 Å². The van der Waals surface area contributed by atoms with Crippen LogP contribution in [0, 0.1) is 0 Å². The zero-order valence-electron chi connectivity index (χ0n) is 8.57. The molecule has 1 saturated carbocycles. The van der Waals surface area contributed by atoms with Crippen molar-refractivity contribution in [1.29, 1.82) is 0 Å². The monoisotopic (exact) mass is 208 g/mol. The maximum absolute atomic E-state index is 11.0. The Bertz CT molecular complexity index is 376. The molecular weight excluding hydrogens is 192 g/mol. The number of anilines is 1. The Labute approximate surface area is 88.1 Å². The van der Waals surface area contributed by atoms with Crippen molar-refractivity contribution in [3.63, 3.8) is 0 Å². The number of H-pyrrole nitrogens is 1. The van der Waals surface area contributed by atoms with E-state index in [4.69, 9.17) is 5.73 Å². The summed E-state index contributed by atoms with van der Waals surface area (Å²) in [6, 6.07) is 1.87. The first-order valence-corrected chi connectivity index (χ1v) is 5.32. The highest BCUT2D eigenvalue weighted by molar-refractivity contribution is 5.33. The predicted octanol–water partition coefficient (Wildman–Crippen LogP) is 0.452. The molecule has 15 heavy (non-hydrogen) atoms. The minimum atomic E-state index is -0.142. The van der Waals surface area contributed by atoms with Crippen LogP contribution in [0.2, 0.25) is 0 Å². The van der Waals surface area contributed by atoms with E-state index in [2.05, 4.69) is 15.3 Å². The molecule has 2 atom stereocenters. The maximum Gasteiger partial charge on any atom is 0.252 e. The summed E-state index contributed by atoms with van der Waals surface area (Å²) in [6.45, 7) is 0. The second-order valence-corrected chi connectivity index (χ2v) is 4.00. The number of aromatic amines is 1. The minimum Gasteiger partial charge on any atom is -0.366 e. The van der Waals surface area contributed by atoms with Crippen molar-refractivity contribution in [3.05, 3.63) is 22.7 Å². The molecule has 5 heteroatoms. The summed E-state index contributed by atoms with van der Waals surface area (Å²) in [5.74, 6) is 0.612. The van der Waals surface area contributed by atoms with Gasteiger partial charge in [0.05, 0.1) is 6.33 Å². The summed E-state index contributed by atoms with van der Waals surface area (Å²) in [6.07, 6.45) is 5.88. The van der Waals surface area contributed by atoms with Gasteiger partial charge in [0.2, 0.25) is 0 Å². The van der Waals surface area contributed by atoms with Gasteiger partial charge < -0.3 is 16.0 Å². The molecule has 0 amide bonds. The number of rotatable bonds is 2. The van der Waals surface area contributed by atoms with Crippen LogP contribution in [0.15, 0.2) is 17.2 Å². The first-order chi connectivity index (χ1) is 7.25. The third kappa shape index (κ3) is 2.56. The molecular formula is C10H16N4O. The van der Waals surface area contributed by atoms with Crippen molar-refractivity contribution in [2.45, 2.75) is 37.8 Å². The Morgan fingerprint density at radius 1 is 1.47 bits per heavy atom. The van der Waals surface area contributed by atoms with E-state index in [1.807, 2.05) is 0 Å². The maximum atomic E-state index is 11.0. The number of nitrogens with zero attached hydrogens (tertiary/aromatic N) is 1. The Morgan fingerprint density at radius 3 is 3.00 bits per heavy atom. The average molecular weight is 208 g/mol. The first kappa shape index (κ1) is 10.2. The lowest BCUT2D eigenvalue weighted by Crippen LogP contribution is -2.42. The topological polar surface area (TPSA) is 83.8 Å². The van der Waals surface area contributed by atoms with Crippen molar-refractivity contribution >= 4 is 5.82 Å². The van der Waals surface area contributed by atoms with Crippen LogP contribution in [-0.2, 0) is 0 Å². The molecule has 1 heterocycles. The zero-order valence-corrected chi connectivity index (χ0v) is 8.57. The summed E-state index contributed by atoms with van der Waals surface area (Å²) >= 11 is 0. The van der Waals surface area contributed by atoms with Gasteiger partial charge in [-0.2, -0.15) is 0 Å². The largest absolute Gasteiger partial charge is 0.366 e. The van der Waals surface area contributed by atoms with Crippen molar-refractivity contribution in [2.24, 2.45) is 5.73 Å². The highest BCUT2D eigenvalue weighted by Gasteiger charge is 2.21. The Hall–Kier alpha value is -1.36. The quantitative estimate of drug-likeness (QED) is 0.659. The van der Waals surface area contributed by atoms with Gasteiger partial charge in [0.25, 0.3) is 5.56 Å². The van der Waals surface area contributed by atoms with E-state index in [-0.39, 0.29) is 17.6 Å². The van der Waals surface area contributed by atoms with Gasteiger partial charge in [0.1, 0.15) is 5.82 Å². The fourth-order valence-corrected chi connectivity index (χ4v) is 1.98. The van der Waals surface area contributed by atoms with Gasteiger partial charge >= 0.3 is 0 Å². The summed E-state index contributed by atoms with van der Waals surface area (Å²) in [5, 5.41) is 3.22. The lowest BCUT2D eigenvalue weighted by Gasteiger charge is -2.29. The third-order valence-corrected chi connectivity index (χ3v) is 2.83. The lowest BCUT2D eigenvalue weighted by atomic mass is 9.91. The van der Waals surface area contributed by atoms with Crippen molar-refractivity contribution in [2.75, 3.05) is 5.32 Å². The molecule has 2 rings (SSSR count). The predicted molar refractivity (Wildman–Crippen MR) is 58.7 cm³/mol. The molecule has 2 unspecified atom stereocenters. The van der Waals surface area contributed by atoms with E-state index in [0.29, 0.717) is 5.82 Å². The molecule has 0 bridgehead atoms. The van der Waals surface area contributed by atoms with E-state index in [0.717, 1.165) is 12.8 Å². The molecule has 4 N–H and O–H groups in total. The fraction of sp³-hybridized carbons (Fsp3) is 0.600. The standard InChI is InChI=1S/C10H16N4O/c11-7-3-1-2-4-8(7)14-9-5-10(15)13-6-12-9/h5-8H,1-4,11H2,(H2,12,13,14,15). The summed E-state index contributed by atoms with van der Waals surface area (Å²) < 4.78 is 0. The Balaban J connectivity index is 2.04. The van der Waals surface area contributed by atoms with Crippen LogP contribution >= 0.6 is 0 Å². The normalized spacial score (nSPS) is 26.2. The number of hydrogen-bond acceptors (Lipinski definition) is 4. The van der Waals surface area contributed by atoms with E-state index in [1.54, 1.807) is 0 Å². The van der Waals surface area contributed by atoms with Gasteiger partial charge in [-0.15, -0.1) is 0 Å². The minimum absolute atomic E-state index is 0.142. The third-order valence-electron chi connectivity index (χ3n) is 2.83. The lowest BCUT2D eigenvalue weighted by molar-refractivity contribution is 0.403. The molecule has 1 aromatic heterocycles. The molecule has 1 aliphatic carbocycles. The smallest absolute Gasteiger partial charge is 0.252 e. The molecule has 0 radical (unpaired) electrons. The van der Waals surface area contributed by atoms with Crippen LogP contribution in [0.5, 0.6) is 0 Å². The van der Waals surface area contributed by atoms with Crippen molar-refractivity contribution in [3.8, 4) is 0 Å². The number of hydrogen-bond donors (Lipinski definition) is 3. The Morgan fingerprint density at radius 2 is 2.27 bits per heavy atom. The van der Waals surface area contributed by atoms with E-state index >= 15 is 0 Å². The van der Waals surface area contributed by atoms with E-state index < -0.39 is 0 Å². The second-order valence-electron chi connectivity index (χ2n) is 4.00. The summed E-state index contributed by atoms with van der Waals surface area (Å²) in [4.78, 5) is 17.6. The highest BCUT2D eigenvalue weighted by atomic mass is 16.1. The Kier molecular flexibility index (Phi) is 3.01. The molecule has 0 spiro atoms. The number of nitrogens with two attached hydrogens (primary N) is 1. The molecule has 1 aliphatic rings. The molecule has 1 aromatic rings. The summed E-state index contributed by atoms with van der Waals surface area (Å²) in [5.41, 5.74) is 5.85. The number of aromatic nitrogens is 2. The first-order valence-electron chi connectivity index (χ1n) is 5.32. The van der Waals surface area contributed by atoms with E-state index in [1.165, 1.54) is 25.2 Å². The van der Waals surface area contributed by atoms with Gasteiger partial charge in [-0.1, -0.05) is 12.8 Å². The SMILES string of the molecule is NC1CCCCC1Nc1cc(=O)[nH]cn1. The molecule has 0 saturated heterocycles. The summed E-state index contributed by atoms with van der Waals surface area (Å²) in [7, 11) is 0. The van der Waals surface area contributed by atoms with Crippen LogP contribution in [0.25, 0.3) is 0 Å². The van der Waals surface area contributed by atoms with Gasteiger partial charge in [0.15, 0.2) is 0 Å². The van der Waals surface area contributed by atoms with Crippen LogP contribution in [-0.4, -0.2) is 22.1 Å². The molecule has 0 aromatic carbocycles. The highest BCUT2D eigenvalue weighted by Crippen LogP contribution is 2.19. The van der Waals surface area contributed by atoms with Crippen LogP contribution in [0.1, 0.15) is 25.7 Å². The van der Waals surface area contributed by atoms with Crippen LogP contribution in [0.4, 0.5) is 5.82 Å². The second kappa shape index (κ2) is 4.44. The van der Waals surface area contributed by atoms with Crippen molar-refractivity contribution in [1.82, 2.24) is 9.97 Å². The van der Waals surface area contributed by atoms with Gasteiger partial charge in [-0.05, 0) is 12.8 Å². The molecule has 1 fully saturated rings. The van der Waals surface area contributed by atoms with Gasteiger partial charge in [-0.25, -0.2) is 4.98 Å². The molecule has 0 aliphatic heterocycles. The number of nitrogens with one attached hydrogen (secondary N) is 2. The van der Waals surface area contributed by atoms with Crippen LogP contribution < -0.4 is 16.6 Å². The van der Waals surface area contributed by atoms with Crippen LogP contribution in [0.3, 0.4) is 0 Å². The van der Waals surface area contributed by atoms with Crippen molar-refractivity contribution < 1.29 is 0 Å². The zero-order chi connectivity index (χ0) is 10.7. The fourth-order valence-electron chi connectivity index (χ4n) is 1.98. The van der Waals surface area contributed by atoms with E-state index in [9.17, 15) is 4.79 Å². The van der Waals surface area contributed by atoms with Gasteiger partial charge in [-0.3, -0.25) is 4.79 Å². The average Bonchev–Trinajstić information content (AvgIpc) is 2.22.